The van der Waals surface area contributed by atoms with Gasteiger partial charge in [0, 0.05) is 6.54 Å². The molecule has 0 aliphatic carbocycles. The standard InChI is InChI=1S/C14H14FNO2/c15-13-7-11(8-16)3-6-14(13)18-9-10-1-4-12(17)5-2-10/h1-7,17H,8-9,16H2. The van der Waals surface area contributed by atoms with Crippen LogP contribution in [0.15, 0.2) is 42.5 Å². The molecule has 2 rings (SSSR count). The maximum absolute atomic E-state index is 13.6. The molecule has 0 spiro atoms. The third-order valence-corrected chi connectivity index (χ3v) is 2.56. The summed E-state index contributed by atoms with van der Waals surface area (Å²) in [6.07, 6.45) is 0. The lowest BCUT2D eigenvalue weighted by molar-refractivity contribution is 0.290. The maximum Gasteiger partial charge on any atom is 0.165 e. The van der Waals surface area contributed by atoms with Gasteiger partial charge in [0.25, 0.3) is 0 Å². The van der Waals surface area contributed by atoms with Crippen LogP contribution in [0.1, 0.15) is 11.1 Å². The van der Waals surface area contributed by atoms with Gasteiger partial charge in [-0.15, -0.1) is 0 Å². The molecular weight excluding hydrogens is 233 g/mol. The minimum absolute atomic E-state index is 0.192. The van der Waals surface area contributed by atoms with Gasteiger partial charge in [-0.25, -0.2) is 4.39 Å². The number of benzene rings is 2. The lowest BCUT2D eigenvalue weighted by atomic mass is 10.2. The Morgan fingerprint density at radius 1 is 1.06 bits per heavy atom. The number of rotatable bonds is 4. The summed E-state index contributed by atoms with van der Waals surface area (Å²) >= 11 is 0. The average molecular weight is 247 g/mol. The molecule has 2 aromatic carbocycles. The summed E-state index contributed by atoms with van der Waals surface area (Å²) in [7, 11) is 0. The fourth-order valence-corrected chi connectivity index (χ4v) is 1.54. The molecule has 0 aliphatic rings. The van der Waals surface area contributed by atoms with Gasteiger partial charge in [-0.3, -0.25) is 0 Å². The Balaban J connectivity index is 2.04. The van der Waals surface area contributed by atoms with Crippen LogP contribution < -0.4 is 10.5 Å². The summed E-state index contributed by atoms with van der Waals surface area (Å²) in [6, 6.07) is 11.2. The quantitative estimate of drug-likeness (QED) is 0.873. The first-order valence-electron chi connectivity index (χ1n) is 5.58. The average Bonchev–Trinajstić information content (AvgIpc) is 2.39. The van der Waals surface area contributed by atoms with Gasteiger partial charge < -0.3 is 15.6 Å². The van der Waals surface area contributed by atoms with Gasteiger partial charge >= 0.3 is 0 Å². The second-order valence-electron chi connectivity index (χ2n) is 3.92. The molecule has 4 heteroatoms. The van der Waals surface area contributed by atoms with E-state index in [0.717, 1.165) is 11.1 Å². The highest BCUT2D eigenvalue weighted by molar-refractivity contribution is 5.30. The van der Waals surface area contributed by atoms with Crippen molar-refractivity contribution < 1.29 is 14.2 Å². The van der Waals surface area contributed by atoms with E-state index in [1.165, 1.54) is 6.07 Å². The predicted octanol–water partition coefficient (Wildman–Crippen LogP) is 2.57. The van der Waals surface area contributed by atoms with Crippen LogP contribution >= 0.6 is 0 Å². The van der Waals surface area contributed by atoms with Gasteiger partial charge in [-0.05, 0) is 35.4 Å². The Kier molecular flexibility index (Phi) is 3.79. The van der Waals surface area contributed by atoms with Gasteiger partial charge in [0.2, 0.25) is 0 Å². The monoisotopic (exact) mass is 247 g/mol. The van der Waals surface area contributed by atoms with Gasteiger partial charge in [-0.1, -0.05) is 18.2 Å². The number of phenolic OH excluding ortho intramolecular Hbond substituents is 1. The third-order valence-electron chi connectivity index (χ3n) is 2.56. The summed E-state index contributed by atoms with van der Waals surface area (Å²) in [4.78, 5) is 0. The number of nitrogens with two attached hydrogens (primary N) is 1. The first-order chi connectivity index (χ1) is 8.69. The van der Waals surface area contributed by atoms with Crippen LogP contribution in [-0.4, -0.2) is 5.11 Å². The zero-order chi connectivity index (χ0) is 13.0. The fourth-order valence-electron chi connectivity index (χ4n) is 1.54. The number of hydrogen-bond acceptors (Lipinski definition) is 3. The molecular formula is C14H14FNO2. The molecule has 3 N–H and O–H groups in total. The highest BCUT2D eigenvalue weighted by atomic mass is 19.1. The van der Waals surface area contributed by atoms with Crippen LogP contribution in [0.25, 0.3) is 0 Å². The molecule has 0 atom stereocenters. The summed E-state index contributed by atoms with van der Waals surface area (Å²) in [5.41, 5.74) is 7.00. The highest BCUT2D eigenvalue weighted by Gasteiger charge is 2.04. The Bertz CT molecular complexity index is 526. The number of aromatic hydroxyl groups is 1. The molecule has 0 amide bonds. The lowest BCUT2D eigenvalue weighted by Crippen LogP contribution is -2.00. The second-order valence-corrected chi connectivity index (χ2v) is 3.92. The van der Waals surface area contributed by atoms with Gasteiger partial charge in [0.05, 0.1) is 0 Å². The van der Waals surface area contributed by atoms with Crippen LogP contribution in [0.2, 0.25) is 0 Å². The van der Waals surface area contributed by atoms with Crippen molar-refractivity contribution in [2.45, 2.75) is 13.2 Å². The number of halogens is 1. The molecule has 18 heavy (non-hydrogen) atoms. The first-order valence-corrected chi connectivity index (χ1v) is 5.58. The topological polar surface area (TPSA) is 55.5 Å². The van der Waals surface area contributed by atoms with Gasteiger partial charge in [0.1, 0.15) is 12.4 Å². The molecule has 0 heterocycles. The molecule has 0 aliphatic heterocycles. The minimum Gasteiger partial charge on any atom is -0.508 e. The van der Waals surface area contributed by atoms with E-state index in [4.69, 9.17) is 15.6 Å². The maximum atomic E-state index is 13.6. The SMILES string of the molecule is NCc1ccc(OCc2ccc(O)cc2)c(F)c1. The van der Waals surface area contributed by atoms with Crippen LogP contribution in [0.5, 0.6) is 11.5 Å². The zero-order valence-corrected chi connectivity index (χ0v) is 9.77. The largest absolute Gasteiger partial charge is 0.508 e. The van der Waals surface area contributed by atoms with E-state index in [1.807, 2.05) is 0 Å². The molecule has 0 unspecified atom stereocenters. The molecule has 3 nitrogen and oxygen atoms in total. The summed E-state index contributed by atoms with van der Waals surface area (Å²) in [6.45, 7) is 0.550. The van der Waals surface area contributed by atoms with E-state index in [1.54, 1.807) is 36.4 Å². The van der Waals surface area contributed by atoms with Crippen molar-refractivity contribution >= 4 is 0 Å². The number of hydrogen-bond donors (Lipinski definition) is 2. The molecule has 0 radical (unpaired) electrons. The van der Waals surface area contributed by atoms with Crippen molar-refractivity contribution in [2.75, 3.05) is 0 Å². The summed E-state index contributed by atoms with van der Waals surface area (Å²) in [5.74, 6) is -0.0331. The van der Waals surface area contributed by atoms with Crippen molar-refractivity contribution in [3.05, 3.63) is 59.4 Å². The summed E-state index contributed by atoms with van der Waals surface area (Å²) < 4.78 is 18.9. The van der Waals surface area contributed by atoms with Gasteiger partial charge in [0.15, 0.2) is 11.6 Å². The van der Waals surface area contributed by atoms with Crippen LogP contribution in [0, 0.1) is 5.82 Å². The Hall–Kier alpha value is -2.07. The summed E-state index contributed by atoms with van der Waals surface area (Å²) in [5, 5.41) is 9.13. The Morgan fingerprint density at radius 2 is 1.72 bits per heavy atom. The van der Waals surface area contributed by atoms with E-state index in [2.05, 4.69) is 0 Å². The minimum atomic E-state index is -0.420. The van der Waals surface area contributed by atoms with Crippen molar-refractivity contribution in [2.24, 2.45) is 5.73 Å². The number of ether oxygens (including phenoxy) is 1. The third kappa shape index (κ3) is 2.99. The van der Waals surface area contributed by atoms with Crippen LogP contribution in [0.4, 0.5) is 4.39 Å². The van der Waals surface area contributed by atoms with E-state index in [0.29, 0.717) is 6.54 Å². The van der Waals surface area contributed by atoms with Crippen LogP contribution in [0.3, 0.4) is 0 Å². The smallest absolute Gasteiger partial charge is 0.165 e. The fraction of sp³-hybridized carbons (Fsp3) is 0.143. The van der Waals surface area contributed by atoms with Crippen molar-refractivity contribution in [3.63, 3.8) is 0 Å². The van der Waals surface area contributed by atoms with Gasteiger partial charge in [-0.2, -0.15) is 0 Å². The number of phenols is 1. The molecule has 2 aromatic rings. The lowest BCUT2D eigenvalue weighted by Gasteiger charge is -2.08. The Morgan fingerprint density at radius 3 is 2.33 bits per heavy atom. The van der Waals surface area contributed by atoms with Crippen molar-refractivity contribution in [1.29, 1.82) is 0 Å². The van der Waals surface area contributed by atoms with E-state index < -0.39 is 5.82 Å². The molecule has 0 aromatic heterocycles. The molecule has 0 saturated heterocycles. The van der Waals surface area contributed by atoms with E-state index in [9.17, 15) is 4.39 Å². The molecule has 0 fully saturated rings. The normalized spacial score (nSPS) is 10.3. The molecule has 0 saturated carbocycles. The van der Waals surface area contributed by atoms with E-state index in [-0.39, 0.29) is 18.1 Å². The predicted molar refractivity (Wildman–Crippen MR) is 66.7 cm³/mol. The van der Waals surface area contributed by atoms with Crippen molar-refractivity contribution in [1.82, 2.24) is 0 Å². The highest BCUT2D eigenvalue weighted by Crippen LogP contribution is 2.20. The first kappa shape index (κ1) is 12.4. The van der Waals surface area contributed by atoms with Crippen LogP contribution in [-0.2, 0) is 13.2 Å². The Labute approximate surface area is 105 Å². The molecule has 0 bridgehead atoms. The molecule has 94 valence electrons. The zero-order valence-electron chi connectivity index (χ0n) is 9.77. The van der Waals surface area contributed by atoms with E-state index >= 15 is 0 Å². The van der Waals surface area contributed by atoms with Crippen molar-refractivity contribution in [3.8, 4) is 11.5 Å². The second kappa shape index (κ2) is 5.51.